The first-order valence-electron chi connectivity index (χ1n) is 7.87. The quantitative estimate of drug-likeness (QED) is 0.571. The van der Waals surface area contributed by atoms with E-state index in [1.165, 1.54) is 6.07 Å². The number of hydrogen-bond acceptors (Lipinski definition) is 3. The smallest absolute Gasteiger partial charge is 0.255 e. The largest absolute Gasteiger partial charge is 0.326 e. The van der Waals surface area contributed by atoms with E-state index in [9.17, 15) is 13.6 Å². The van der Waals surface area contributed by atoms with Crippen molar-refractivity contribution >= 4 is 29.2 Å². The maximum absolute atomic E-state index is 13.2. The summed E-state index contributed by atoms with van der Waals surface area (Å²) in [7, 11) is 0. The minimum atomic E-state index is -0.889. The van der Waals surface area contributed by atoms with Crippen molar-refractivity contribution in [1.82, 2.24) is 0 Å². The molecule has 3 aromatic rings. The Hall–Kier alpha value is -2.86. The van der Waals surface area contributed by atoms with Crippen LogP contribution < -0.4 is 10.0 Å². The van der Waals surface area contributed by atoms with Crippen molar-refractivity contribution in [2.24, 2.45) is 0 Å². The maximum Gasteiger partial charge on any atom is 0.255 e. The van der Waals surface area contributed by atoms with Gasteiger partial charge < -0.3 is 10.0 Å². The van der Waals surface area contributed by atoms with Crippen molar-refractivity contribution in [2.75, 3.05) is 10.0 Å². The fraction of sp³-hybridized carbons (Fsp3) is 0.0500. The molecule has 0 fully saturated rings. The number of nitrogens with one attached hydrogen (secondary N) is 2. The molecule has 0 saturated carbocycles. The van der Waals surface area contributed by atoms with E-state index in [1.807, 2.05) is 31.2 Å². The van der Waals surface area contributed by atoms with Crippen molar-refractivity contribution < 1.29 is 13.6 Å². The number of aryl methyl sites for hydroxylation is 1. The van der Waals surface area contributed by atoms with Crippen LogP contribution >= 0.6 is 11.9 Å². The van der Waals surface area contributed by atoms with Crippen LogP contribution in [0.25, 0.3) is 0 Å². The zero-order valence-corrected chi connectivity index (χ0v) is 14.7. The zero-order chi connectivity index (χ0) is 18.5. The standard InChI is InChI=1S/C20H16F2N2OS/c1-13-2-6-15(7-3-13)23-20(25)14-4-8-16(9-5-14)24-26-17-10-11-18(21)19(22)12-17/h2-12,24H,1H3,(H,23,25). The number of rotatable bonds is 5. The van der Waals surface area contributed by atoms with Gasteiger partial charge in [-0.05, 0) is 73.5 Å². The first-order chi connectivity index (χ1) is 12.5. The van der Waals surface area contributed by atoms with E-state index in [-0.39, 0.29) is 5.91 Å². The van der Waals surface area contributed by atoms with Crippen LogP contribution in [0, 0.1) is 18.6 Å². The number of anilines is 2. The first kappa shape index (κ1) is 17.9. The highest BCUT2D eigenvalue weighted by molar-refractivity contribution is 8.00. The lowest BCUT2D eigenvalue weighted by Gasteiger charge is -2.08. The average Bonchev–Trinajstić information content (AvgIpc) is 2.65. The van der Waals surface area contributed by atoms with Crippen molar-refractivity contribution in [3.63, 3.8) is 0 Å². The molecule has 0 bridgehead atoms. The van der Waals surface area contributed by atoms with Gasteiger partial charge >= 0.3 is 0 Å². The summed E-state index contributed by atoms with van der Waals surface area (Å²) in [6, 6.07) is 18.1. The summed E-state index contributed by atoms with van der Waals surface area (Å²) in [5.74, 6) is -1.97. The number of halogens is 2. The summed E-state index contributed by atoms with van der Waals surface area (Å²) in [5, 5.41) is 2.83. The summed E-state index contributed by atoms with van der Waals surface area (Å²) < 4.78 is 29.1. The lowest BCUT2D eigenvalue weighted by molar-refractivity contribution is 0.102. The van der Waals surface area contributed by atoms with Gasteiger partial charge in [0.05, 0.1) is 0 Å². The van der Waals surface area contributed by atoms with Gasteiger partial charge in [0, 0.05) is 21.8 Å². The molecule has 2 N–H and O–H groups in total. The molecule has 0 aliphatic heterocycles. The van der Waals surface area contributed by atoms with Crippen LogP contribution in [0.3, 0.4) is 0 Å². The molecule has 0 aliphatic carbocycles. The highest BCUT2D eigenvalue weighted by Gasteiger charge is 2.07. The molecule has 1 amide bonds. The Kier molecular flexibility index (Phi) is 5.53. The third-order valence-electron chi connectivity index (χ3n) is 3.63. The monoisotopic (exact) mass is 370 g/mol. The molecule has 26 heavy (non-hydrogen) atoms. The second kappa shape index (κ2) is 8.01. The molecule has 6 heteroatoms. The highest BCUT2D eigenvalue weighted by atomic mass is 32.2. The van der Waals surface area contributed by atoms with Gasteiger partial charge in [0.15, 0.2) is 11.6 Å². The number of carbonyl (C=O) groups excluding carboxylic acids is 1. The van der Waals surface area contributed by atoms with E-state index >= 15 is 0 Å². The topological polar surface area (TPSA) is 41.1 Å². The normalized spacial score (nSPS) is 10.4. The van der Waals surface area contributed by atoms with E-state index in [2.05, 4.69) is 10.0 Å². The van der Waals surface area contributed by atoms with Gasteiger partial charge in [0.1, 0.15) is 0 Å². The SMILES string of the molecule is Cc1ccc(NC(=O)c2ccc(NSc3ccc(F)c(F)c3)cc2)cc1. The molecule has 0 unspecified atom stereocenters. The average molecular weight is 370 g/mol. The van der Waals surface area contributed by atoms with E-state index in [1.54, 1.807) is 24.3 Å². The lowest BCUT2D eigenvalue weighted by Crippen LogP contribution is -2.11. The second-order valence-electron chi connectivity index (χ2n) is 5.68. The third kappa shape index (κ3) is 4.61. The molecule has 0 aromatic heterocycles. The highest BCUT2D eigenvalue weighted by Crippen LogP contribution is 2.23. The van der Waals surface area contributed by atoms with Crippen molar-refractivity contribution in [1.29, 1.82) is 0 Å². The summed E-state index contributed by atoms with van der Waals surface area (Å²) in [5.41, 5.74) is 3.12. The van der Waals surface area contributed by atoms with Gasteiger partial charge in [-0.3, -0.25) is 4.79 Å². The van der Waals surface area contributed by atoms with E-state index in [0.717, 1.165) is 41.0 Å². The summed E-state index contributed by atoms with van der Waals surface area (Å²) in [6.45, 7) is 1.98. The molecule has 3 nitrogen and oxygen atoms in total. The Morgan fingerprint density at radius 3 is 2.15 bits per heavy atom. The Bertz CT molecular complexity index is 912. The van der Waals surface area contributed by atoms with Gasteiger partial charge in [-0.25, -0.2) is 8.78 Å². The predicted octanol–water partition coefficient (Wildman–Crippen LogP) is 5.64. The fourth-order valence-electron chi connectivity index (χ4n) is 2.19. The molecule has 0 radical (unpaired) electrons. The number of hydrogen-bond donors (Lipinski definition) is 2. The Morgan fingerprint density at radius 2 is 1.50 bits per heavy atom. The number of benzene rings is 3. The minimum Gasteiger partial charge on any atom is -0.326 e. The Morgan fingerprint density at radius 1 is 0.846 bits per heavy atom. The first-order valence-corrected chi connectivity index (χ1v) is 8.69. The molecule has 0 heterocycles. The molecular weight excluding hydrogens is 354 g/mol. The van der Waals surface area contributed by atoms with E-state index in [0.29, 0.717) is 10.5 Å². The van der Waals surface area contributed by atoms with Crippen LogP contribution in [0.2, 0.25) is 0 Å². The van der Waals surface area contributed by atoms with Gasteiger partial charge in [0.25, 0.3) is 5.91 Å². The molecule has 0 spiro atoms. The summed E-state index contributed by atoms with van der Waals surface area (Å²) >= 11 is 1.16. The van der Waals surface area contributed by atoms with Crippen LogP contribution in [0.15, 0.2) is 71.6 Å². The van der Waals surface area contributed by atoms with E-state index in [4.69, 9.17) is 0 Å². The summed E-state index contributed by atoms with van der Waals surface area (Å²) in [4.78, 5) is 12.8. The molecule has 3 aromatic carbocycles. The van der Waals surface area contributed by atoms with Crippen LogP contribution in [-0.2, 0) is 0 Å². The van der Waals surface area contributed by atoms with E-state index < -0.39 is 11.6 Å². The lowest BCUT2D eigenvalue weighted by atomic mass is 10.2. The van der Waals surface area contributed by atoms with Crippen LogP contribution in [-0.4, -0.2) is 5.91 Å². The molecule has 132 valence electrons. The predicted molar refractivity (Wildman–Crippen MR) is 101 cm³/mol. The maximum atomic E-state index is 13.2. The van der Waals surface area contributed by atoms with Crippen LogP contribution in [0.4, 0.5) is 20.2 Å². The second-order valence-corrected chi connectivity index (χ2v) is 6.56. The van der Waals surface area contributed by atoms with Crippen LogP contribution in [0.5, 0.6) is 0 Å². The Balaban J connectivity index is 1.59. The van der Waals surface area contributed by atoms with Gasteiger partial charge in [0.2, 0.25) is 0 Å². The van der Waals surface area contributed by atoms with Gasteiger partial charge in [-0.2, -0.15) is 0 Å². The summed E-state index contributed by atoms with van der Waals surface area (Å²) in [6.07, 6.45) is 0. The minimum absolute atomic E-state index is 0.200. The zero-order valence-electron chi connectivity index (χ0n) is 13.9. The number of carbonyl (C=O) groups is 1. The van der Waals surface area contributed by atoms with Gasteiger partial charge in [-0.1, -0.05) is 17.7 Å². The molecule has 0 aliphatic rings. The van der Waals surface area contributed by atoms with Crippen molar-refractivity contribution in [2.45, 2.75) is 11.8 Å². The Labute approximate surface area is 154 Å². The molecular formula is C20H16F2N2OS. The van der Waals surface area contributed by atoms with Gasteiger partial charge in [-0.15, -0.1) is 0 Å². The molecule has 3 rings (SSSR count). The number of amides is 1. The fourth-order valence-corrected chi connectivity index (χ4v) is 2.86. The molecule has 0 atom stereocenters. The van der Waals surface area contributed by atoms with Crippen molar-refractivity contribution in [3.8, 4) is 0 Å². The van der Waals surface area contributed by atoms with Crippen molar-refractivity contribution in [3.05, 3.63) is 89.5 Å². The molecule has 0 saturated heterocycles. The third-order valence-corrected chi connectivity index (χ3v) is 4.46. The van der Waals surface area contributed by atoms with Crippen LogP contribution in [0.1, 0.15) is 15.9 Å².